The number of carbonyl (C=O) groups is 1. The van der Waals surface area contributed by atoms with E-state index in [1.54, 1.807) is 7.05 Å². The third kappa shape index (κ3) is 3.85. The summed E-state index contributed by atoms with van der Waals surface area (Å²) < 4.78 is 5.53. The van der Waals surface area contributed by atoms with Crippen LogP contribution in [0.4, 0.5) is 4.79 Å². The first kappa shape index (κ1) is 14.2. The van der Waals surface area contributed by atoms with Crippen LogP contribution in [0.25, 0.3) is 0 Å². The number of piperidine rings is 1. The Kier molecular flexibility index (Phi) is 5.05. The van der Waals surface area contributed by atoms with Crippen molar-refractivity contribution in [1.29, 1.82) is 0 Å². The zero-order valence-electron chi connectivity index (χ0n) is 11.0. The highest BCUT2D eigenvalue weighted by Gasteiger charge is 2.28. The highest BCUT2D eigenvalue weighted by Crippen LogP contribution is 2.32. The first-order valence-corrected chi connectivity index (χ1v) is 6.93. The van der Waals surface area contributed by atoms with Gasteiger partial charge in [-0.25, -0.2) is 4.79 Å². The molecule has 0 aromatic heterocycles. The lowest BCUT2D eigenvalue weighted by atomic mass is 9.89. The lowest BCUT2D eigenvalue weighted by molar-refractivity contribution is 0.0532. The number of hydrogen-bond acceptors (Lipinski definition) is 3. The van der Waals surface area contributed by atoms with E-state index in [4.69, 9.17) is 16.3 Å². The number of rotatable bonds is 3. The van der Waals surface area contributed by atoms with Crippen molar-refractivity contribution in [2.24, 2.45) is 5.92 Å². The van der Waals surface area contributed by atoms with Gasteiger partial charge in [0.05, 0.1) is 0 Å². The van der Waals surface area contributed by atoms with Gasteiger partial charge in [-0.15, -0.1) is 0 Å². The number of ether oxygens (including phenoxy) is 1. The van der Waals surface area contributed by atoms with Gasteiger partial charge in [0.25, 0.3) is 0 Å². The maximum absolute atomic E-state index is 11.5. The highest BCUT2D eigenvalue weighted by molar-refractivity contribution is 6.30. The van der Waals surface area contributed by atoms with Gasteiger partial charge in [0, 0.05) is 24.5 Å². The monoisotopic (exact) mass is 282 g/mol. The molecule has 2 atom stereocenters. The van der Waals surface area contributed by atoms with Crippen LogP contribution in [0.1, 0.15) is 24.5 Å². The van der Waals surface area contributed by atoms with Crippen molar-refractivity contribution in [3.63, 3.8) is 0 Å². The van der Waals surface area contributed by atoms with Crippen molar-refractivity contribution in [2.75, 3.05) is 20.1 Å². The average Bonchev–Trinajstić information content (AvgIpc) is 2.45. The van der Waals surface area contributed by atoms with Crippen LogP contribution in [-0.2, 0) is 4.74 Å². The largest absolute Gasteiger partial charge is 0.441 e. The second-order valence-electron chi connectivity index (χ2n) is 4.74. The van der Waals surface area contributed by atoms with E-state index in [0.29, 0.717) is 5.02 Å². The number of carbonyl (C=O) groups excluding carboxylic acids is 1. The molecule has 1 aliphatic rings. The van der Waals surface area contributed by atoms with E-state index in [-0.39, 0.29) is 12.0 Å². The van der Waals surface area contributed by atoms with Gasteiger partial charge in [0.2, 0.25) is 0 Å². The Morgan fingerprint density at radius 2 is 2.42 bits per heavy atom. The molecule has 4 nitrogen and oxygen atoms in total. The molecule has 0 radical (unpaired) electrons. The molecule has 1 aromatic carbocycles. The Labute approximate surface area is 118 Å². The first-order chi connectivity index (χ1) is 9.20. The van der Waals surface area contributed by atoms with Gasteiger partial charge in [-0.3, -0.25) is 0 Å². The summed E-state index contributed by atoms with van der Waals surface area (Å²) in [6, 6.07) is 7.52. The highest BCUT2D eigenvalue weighted by atomic mass is 35.5. The van der Waals surface area contributed by atoms with Gasteiger partial charge in [-0.1, -0.05) is 23.7 Å². The van der Waals surface area contributed by atoms with E-state index in [0.717, 1.165) is 31.5 Å². The van der Waals surface area contributed by atoms with Crippen LogP contribution < -0.4 is 10.6 Å². The van der Waals surface area contributed by atoms with Crippen molar-refractivity contribution < 1.29 is 9.53 Å². The fourth-order valence-corrected chi connectivity index (χ4v) is 2.63. The topological polar surface area (TPSA) is 50.4 Å². The van der Waals surface area contributed by atoms with Crippen molar-refractivity contribution in [3.05, 3.63) is 34.9 Å². The van der Waals surface area contributed by atoms with Crippen LogP contribution in [0.15, 0.2) is 24.3 Å². The van der Waals surface area contributed by atoms with Crippen molar-refractivity contribution in [1.82, 2.24) is 10.6 Å². The van der Waals surface area contributed by atoms with Crippen molar-refractivity contribution in [3.8, 4) is 0 Å². The molecule has 2 N–H and O–H groups in total. The summed E-state index contributed by atoms with van der Waals surface area (Å²) in [4.78, 5) is 11.5. The number of benzene rings is 1. The Hall–Kier alpha value is -1.26. The van der Waals surface area contributed by atoms with E-state index in [1.165, 1.54) is 0 Å². The molecule has 19 heavy (non-hydrogen) atoms. The van der Waals surface area contributed by atoms with E-state index in [2.05, 4.69) is 10.6 Å². The van der Waals surface area contributed by atoms with E-state index in [9.17, 15) is 4.79 Å². The summed E-state index contributed by atoms with van der Waals surface area (Å²) in [7, 11) is 1.57. The number of hydrogen-bond donors (Lipinski definition) is 2. The molecule has 1 saturated heterocycles. The van der Waals surface area contributed by atoms with Gasteiger partial charge in [-0.2, -0.15) is 0 Å². The number of amides is 1. The van der Waals surface area contributed by atoms with E-state index < -0.39 is 6.09 Å². The zero-order valence-corrected chi connectivity index (χ0v) is 11.7. The predicted octanol–water partition coefficient (Wildman–Crippen LogP) is 2.74. The van der Waals surface area contributed by atoms with E-state index in [1.807, 2.05) is 24.3 Å². The minimum absolute atomic E-state index is 0.258. The molecule has 5 heteroatoms. The fraction of sp³-hybridized carbons (Fsp3) is 0.500. The maximum Gasteiger partial charge on any atom is 0.407 e. The van der Waals surface area contributed by atoms with Crippen LogP contribution in [0.5, 0.6) is 0 Å². The van der Waals surface area contributed by atoms with Crippen molar-refractivity contribution in [2.45, 2.75) is 18.9 Å². The standard InChI is InChI=1S/C14H19ClN2O2/c1-16-14(18)19-13(11-5-3-7-17-9-11)10-4-2-6-12(15)8-10/h2,4,6,8,11,13,17H,3,5,7,9H2,1H3,(H,16,18)/t11-,13+/m1/s1. The average molecular weight is 283 g/mol. The molecule has 0 bridgehead atoms. The number of nitrogens with one attached hydrogen (secondary N) is 2. The SMILES string of the molecule is CNC(=O)O[C@@H](c1cccc(Cl)c1)[C@@H]1CCCNC1. The van der Waals surface area contributed by atoms with Gasteiger partial charge in [0.1, 0.15) is 6.10 Å². The summed E-state index contributed by atoms with van der Waals surface area (Å²) in [5, 5.41) is 6.51. The molecule has 1 aromatic rings. The Morgan fingerprint density at radius 1 is 1.58 bits per heavy atom. The molecule has 1 heterocycles. The lowest BCUT2D eigenvalue weighted by Gasteiger charge is -2.30. The van der Waals surface area contributed by atoms with Gasteiger partial charge >= 0.3 is 6.09 Å². The summed E-state index contributed by atoms with van der Waals surface area (Å²) >= 11 is 6.03. The van der Waals surface area contributed by atoms with Crippen LogP contribution in [0.3, 0.4) is 0 Å². The molecule has 0 aliphatic carbocycles. The molecule has 0 unspecified atom stereocenters. The maximum atomic E-state index is 11.5. The Bertz CT molecular complexity index is 433. The van der Waals surface area contributed by atoms with Crippen LogP contribution >= 0.6 is 11.6 Å². The molecular formula is C14H19ClN2O2. The molecule has 2 rings (SSSR count). The summed E-state index contributed by atoms with van der Waals surface area (Å²) in [6.45, 7) is 1.88. The minimum atomic E-state index is -0.407. The second kappa shape index (κ2) is 6.78. The summed E-state index contributed by atoms with van der Waals surface area (Å²) in [6.07, 6.45) is 1.47. The number of alkyl carbamates (subject to hydrolysis) is 1. The van der Waals surface area contributed by atoms with Gasteiger partial charge in [-0.05, 0) is 37.1 Å². The predicted molar refractivity (Wildman–Crippen MR) is 75.3 cm³/mol. The Balaban J connectivity index is 2.19. The fourth-order valence-electron chi connectivity index (χ4n) is 2.43. The molecule has 104 valence electrons. The lowest BCUT2D eigenvalue weighted by Crippen LogP contribution is -2.36. The summed E-state index contributed by atoms with van der Waals surface area (Å²) in [5.41, 5.74) is 0.949. The van der Waals surface area contributed by atoms with E-state index >= 15 is 0 Å². The van der Waals surface area contributed by atoms with Gasteiger partial charge < -0.3 is 15.4 Å². The quantitative estimate of drug-likeness (QED) is 0.896. The third-order valence-electron chi connectivity index (χ3n) is 3.38. The van der Waals surface area contributed by atoms with Gasteiger partial charge in [0.15, 0.2) is 0 Å². The Morgan fingerprint density at radius 3 is 3.05 bits per heavy atom. The normalized spacial score (nSPS) is 20.6. The van der Waals surface area contributed by atoms with Crippen LogP contribution in [0, 0.1) is 5.92 Å². The molecule has 1 amide bonds. The first-order valence-electron chi connectivity index (χ1n) is 6.55. The molecule has 0 spiro atoms. The van der Waals surface area contributed by atoms with Crippen molar-refractivity contribution >= 4 is 17.7 Å². The zero-order chi connectivity index (χ0) is 13.7. The van der Waals surface area contributed by atoms with Crippen LogP contribution in [0.2, 0.25) is 5.02 Å². The summed E-state index contributed by atoms with van der Waals surface area (Å²) in [5.74, 6) is 0.282. The molecule has 0 saturated carbocycles. The van der Waals surface area contributed by atoms with Crippen LogP contribution in [-0.4, -0.2) is 26.2 Å². The number of halogens is 1. The minimum Gasteiger partial charge on any atom is -0.441 e. The molecular weight excluding hydrogens is 264 g/mol. The smallest absolute Gasteiger partial charge is 0.407 e. The molecule has 1 fully saturated rings. The second-order valence-corrected chi connectivity index (χ2v) is 5.17. The third-order valence-corrected chi connectivity index (χ3v) is 3.61. The molecule has 1 aliphatic heterocycles.